The van der Waals surface area contributed by atoms with Gasteiger partial charge < -0.3 is 10.1 Å². The van der Waals surface area contributed by atoms with Crippen molar-refractivity contribution in [3.63, 3.8) is 0 Å². The topological polar surface area (TPSA) is 58.6 Å². The van der Waals surface area contributed by atoms with E-state index in [2.05, 4.69) is 5.32 Å². The first-order chi connectivity index (χ1) is 13.0. The first-order valence-electron chi connectivity index (χ1n) is 9.52. The molecule has 0 amide bonds. The van der Waals surface area contributed by atoms with Crippen molar-refractivity contribution in [2.24, 2.45) is 0 Å². The van der Waals surface area contributed by atoms with Gasteiger partial charge in [-0.3, -0.25) is 0 Å². The molecule has 1 aliphatic heterocycles. The second-order valence-electron chi connectivity index (χ2n) is 7.54. The summed E-state index contributed by atoms with van der Waals surface area (Å²) in [5.74, 6) is 0.811. The lowest BCUT2D eigenvalue weighted by molar-refractivity contribution is 0.0138. The fourth-order valence-electron chi connectivity index (χ4n) is 4.17. The highest BCUT2D eigenvalue weighted by atomic mass is 32.2. The van der Waals surface area contributed by atoms with E-state index >= 15 is 0 Å². The van der Waals surface area contributed by atoms with E-state index in [0.717, 1.165) is 37.0 Å². The molecule has 6 heteroatoms. The third kappa shape index (κ3) is 3.61. The number of sulfonamides is 1. The third-order valence-corrected chi connectivity index (χ3v) is 7.60. The summed E-state index contributed by atoms with van der Waals surface area (Å²) in [6, 6.07) is 17.0. The molecule has 4 rings (SSSR count). The number of para-hydroxylation sites is 1. The van der Waals surface area contributed by atoms with Crippen molar-refractivity contribution >= 4 is 10.0 Å². The molecule has 0 bridgehead atoms. The zero-order valence-electron chi connectivity index (χ0n) is 15.6. The smallest absolute Gasteiger partial charge is 0.243 e. The van der Waals surface area contributed by atoms with E-state index in [1.54, 1.807) is 28.6 Å². The zero-order chi connectivity index (χ0) is 18.9. The average molecular weight is 387 g/mol. The lowest BCUT2D eigenvalue weighted by Gasteiger charge is -2.41. The molecule has 0 radical (unpaired) electrons. The number of hydrogen-bond acceptors (Lipinski definition) is 4. The Morgan fingerprint density at radius 2 is 1.70 bits per heavy atom. The quantitative estimate of drug-likeness (QED) is 0.880. The van der Waals surface area contributed by atoms with Gasteiger partial charge in [-0.1, -0.05) is 36.4 Å². The van der Waals surface area contributed by atoms with Crippen molar-refractivity contribution in [3.05, 3.63) is 60.2 Å². The maximum atomic E-state index is 13.4. The van der Waals surface area contributed by atoms with Gasteiger partial charge in [0, 0.05) is 18.2 Å². The number of fused-ring (bicyclic) bond motifs is 1. The lowest BCUT2D eigenvalue weighted by atomic mass is 9.82. The number of nitrogens with one attached hydrogen (secondary N) is 1. The molecule has 2 aromatic carbocycles. The van der Waals surface area contributed by atoms with Gasteiger partial charge in [-0.15, -0.1) is 0 Å². The molecular weight excluding hydrogens is 360 g/mol. The maximum absolute atomic E-state index is 13.4. The number of rotatable bonds is 3. The van der Waals surface area contributed by atoms with Crippen LogP contribution in [0.5, 0.6) is 5.75 Å². The molecule has 144 valence electrons. The fourth-order valence-corrected chi connectivity index (χ4v) is 5.68. The second-order valence-corrected chi connectivity index (χ2v) is 9.48. The summed E-state index contributed by atoms with van der Waals surface area (Å²) in [5.41, 5.74) is 0.451. The van der Waals surface area contributed by atoms with Crippen LogP contribution in [-0.4, -0.2) is 38.0 Å². The lowest BCUT2D eigenvalue weighted by Crippen LogP contribution is -2.51. The predicted molar refractivity (Wildman–Crippen MR) is 105 cm³/mol. The van der Waals surface area contributed by atoms with Gasteiger partial charge in [-0.05, 0) is 50.9 Å². The summed E-state index contributed by atoms with van der Waals surface area (Å²) in [5, 5.41) is 3.34. The van der Waals surface area contributed by atoms with Gasteiger partial charge in [-0.2, -0.15) is 4.31 Å². The van der Waals surface area contributed by atoms with Crippen LogP contribution in [0, 0.1) is 0 Å². The summed E-state index contributed by atoms with van der Waals surface area (Å²) in [7, 11) is -1.60. The number of ether oxygens (including phenoxy) is 1. The third-order valence-electron chi connectivity index (χ3n) is 5.80. The van der Waals surface area contributed by atoms with E-state index in [1.807, 2.05) is 37.4 Å². The Labute approximate surface area is 161 Å². The molecule has 1 N–H and O–H groups in total. The molecule has 2 aromatic rings. The van der Waals surface area contributed by atoms with Crippen LogP contribution in [0.2, 0.25) is 0 Å². The zero-order valence-corrected chi connectivity index (χ0v) is 16.4. The Balaban J connectivity index is 1.72. The molecule has 0 saturated heterocycles. The van der Waals surface area contributed by atoms with Crippen LogP contribution >= 0.6 is 0 Å². The molecular formula is C21H26N2O3S. The van der Waals surface area contributed by atoms with Crippen LogP contribution in [0.1, 0.15) is 31.2 Å². The summed E-state index contributed by atoms with van der Waals surface area (Å²) < 4.78 is 34.8. The fraction of sp³-hybridized carbons (Fsp3) is 0.429. The largest absolute Gasteiger partial charge is 0.486 e. The number of benzene rings is 2. The van der Waals surface area contributed by atoms with E-state index in [1.165, 1.54) is 0 Å². The van der Waals surface area contributed by atoms with Crippen molar-refractivity contribution in [3.8, 4) is 5.75 Å². The Bertz CT molecular complexity index is 891. The highest BCUT2D eigenvalue weighted by molar-refractivity contribution is 7.89. The highest BCUT2D eigenvalue weighted by Crippen LogP contribution is 2.39. The minimum absolute atomic E-state index is 0.337. The first kappa shape index (κ1) is 18.5. The molecule has 0 atom stereocenters. The van der Waals surface area contributed by atoms with Crippen LogP contribution in [0.3, 0.4) is 0 Å². The van der Waals surface area contributed by atoms with Crippen molar-refractivity contribution < 1.29 is 13.2 Å². The number of hydrogen-bond donors (Lipinski definition) is 1. The van der Waals surface area contributed by atoms with Crippen molar-refractivity contribution in [1.29, 1.82) is 0 Å². The van der Waals surface area contributed by atoms with Crippen molar-refractivity contribution in [2.75, 3.05) is 13.6 Å². The molecule has 1 saturated carbocycles. The number of nitrogens with zero attached hydrogens (tertiary/aromatic N) is 1. The monoisotopic (exact) mass is 386 g/mol. The Hall–Kier alpha value is -1.89. The molecule has 27 heavy (non-hydrogen) atoms. The van der Waals surface area contributed by atoms with E-state index in [0.29, 0.717) is 24.0 Å². The minimum atomic E-state index is -3.58. The Kier molecular flexibility index (Phi) is 4.97. The summed E-state index contributed by atoms with van der Waals surface area (Å²) >= 11 is 0. The standard InChI is InChI=1S/C21H26N2O3S/c1-22-18-11-13-21(14-12-18)16-23(15-17-7-5-6-10-20(17)26-21)27(24,25)19-8-3-2-4-9-19/h2-10,18,22H,11-16H2,1H3. The van der Waals surface area contributed by atoms with E-state index in [-0.39, 0.29) is 0 Å². The average Bonchev–Trinajstić information content (AvgIpc) is 2.86. The van der Waals surface area contributed by atoms with Crippen molar-refractivity contribution in [1.82, 2.24) is 9.62 Å². The molecule has 0 aromatic heterocycles. The second kappa shape index (κ2) is 7.26. The van der Waals surface area contributed by atoms with Crippen molar-refractivity contribution in [2.45, 2.75) is 48.8 Å². The van der Waals surface area contributed by atoms with Gasteiger partial charge in [0.25, 0.3) is 0 Å². The molecule has 1 heterocycles. The summed E-state index contributed by atoms with van der Waals surface area (Å²) in [6.07, 6.45) is 3.65. The van der Waals surface area contributed by atoms with E-state index in [4.69, 9.17) is 4.74 Å². The maximum Gasteiger partial charge on any atom is 0.243 e. The SMILES string of the molecule is CNC1CCC2(CC1)CN(S(=O)(=O)c1ccccc1)Cc1ccccc1O2. The Morgan fingerprint density at radius 1 is 1.04 bits per heavy atom. The van der Waals surface area contributed by atoms with Gasteiger partial charge in [0.05, 0.1) is 11.4 Å². The van der Waals surface area contributed by atoms with Gasteiger partial charge >= 0.3 is 0 Å². The molecule has 1 fully saturated rings. The van der Waals surface area contributed by atoms with E-state index < -0.39 is 15.6 Å². The highest BCUT2D eigenvalue weighted by Gasteiger charge is 2.43. The molecule has 2 aliphatic rings. The minimum Gasteiger partial charge on any atom is -0.486 e. The van der Waals surface area contributed by atoms with Gasteiger partial charge in [0.15, 0.2) is 0 Å². The van der Waals surface area contributed by atoms with Crippen LogP contribution < -0.4 is 10.1 Å². The van der Waals surface area contributed by atoms with Crippen LogP contribution in [0.4, 0.5) is 0 Å². The summed E-state index contributed by atoms with van der Waals surface area (Å²) in [6.45, 7) is 0.722. The van der Waals surface area contributed by atoms with Crippen LogP contribution in [0.15, 0.2) is 59.5 Å². The van der Waals surface area contributed by atoms with Gasteiger partial charge in [0.2, 0.25) is 10.0 Å². The molecule has 1 spiro atoms. The predicted octanol–water partition coefficient (Wildman–Crippen LogP) is 3.17. The molecule has 0 unspecified atom stereocenters. The Morgan fingerprint density at radius 3 is 2.41 bits per heavy atom. The molecule has 1 aliphatic carbocycles. The first-order valence-corrected chi connectivity index (χ1v) is 11.0. The summed E-state index contributed by atoms with van der Waals surface area (Å²) in [4.78, 5) is 0.337. The van der Waals surface area contributed by atoms with Crippen LogP contribution in [-0.2, 0) is 16.6 Å². The molecule has 5 nitrogen and oxygen atoms in total. The van der Waals surface area contributed by atoms with Crippen LogP contribution in [0.25, 0.3) is 0 Å². The van der Waals surface area contributed by atoms with Gasteiger partial charge in [0.1, 0.15) is 11.4 Å². The normalized spacial score (nSPS) is 26.2. The van der Waals surface area contributed by atoms with E-state index in [9.17, 15) is 8.42 Å². The van der Waals surface area contributed by atoms with Gasteiger partial charge in [-0.25, -0.2) is 8.42 Å².